The largest absolute Gasteiger partial charge is 0.486 e. The molecule has 0 unspecified atom stereocenters. The molecule has 12 heteroatoms. The van der Waals surface area contributed by atoms with Crippen LogP contribution in [-0.2, 0) is 14.8 Å². The van der Waals surface area contributed by atoms with Crippen LogP contribution < -0.4 is 14.9 Å². The second-order valence-electron chi connectivity index (χ2n) is 7.12. The Hall–Kier alpha value is -3.22. The minimum Gasteiger partial charge on any atom is -0.486 e. The van der Waals surface area contributed by atoms with Gasteiger partial charge >= 0.3 is 0 Å². The third kappa shape index (κ3) is 4.52. The molecule has 0 aliphatic carbocycles. The summed E-state index contributed by atoms with van der Waals surface area (Å²) < 4.78 is 43.9. The average Bonchev–Trinajstić information content (AvgIpc) is 2.82. The number of hydrazone groups is 1. The van der Waals surface area contributed by atoms with Crippen molar-refractivity contribution in [3.05, 3.63) is 52.1 Å². The zero-order valence-corrected chi connectivity index (χ0v) is 18.1. The van der Waals surface area contributed by atoms with Crippen LogP contribution in [0.25, 0.3) is 0 Å². The minimum absolute atomic E-state index is 0.138. The van der Waals surface area contributed by atoms with Crippen molar-refractivity contribution in [2.75, 3.05) is 44.9 Å². The standard InChI is InChI=1S/C20H22N4O7S/c1-14(15-2-5-18-19(12-15)31-11-10-30-18)21-22-17-4-3-16(24(25)26)13-20(17)32(27,28)23-6-8-29-9-7-23/h2-5,12-13,22H,6-11H2,1H3/b21-14-. The molecule has 2 aromatic carbocycles. The van der Waals surface area contributed by atoms with Gasteiger partial charge in [0.1, 0.15) is 18.1 Å². The summed E-state index contributed by atoms with van der Waals surface area (Å²) in [5.41, 5.74) is 3.89. The Balaban J connectivity index is 1.65. The van der Waals surface area contributed by atoms with Crippen molar-refractivity contribution in [1.29, 1.82) is 0 Å². The van der Waals surface area contributed by atoms with E-state index >= 15 is 0 Å². The van der Waals surface area contributed by atoms with E-state index in [1.165, 1.54) is 16.4 Å². The second-order valence-corrected chi connectivity index (χ2v) is 9.03. The van der Waals surface area contributed by atoms with Crippen molar-refractivity contribution in [3.63, 3.8) is 0 Å². The van der Waals surface area contributed by atoms with Gasteiger partial charge in [0, 0.05) is 30.8 Å². The van der Waals surface area contributed by atoms with Crippen molar-refractivity contribution in [1.82, 2.24) is 4.31 Å². The Morgan fingerprint density at radius 1 is 1.06 bits per heavy atom. The van der Waals surface area contributed by atoms with Gasteiger partial charge in [-0.25, -0.2) is 8.42 Å². The molecule has 0 amide bonds. The highest BCUT2D eigenvalue weighted by Gasteiger charge is 2.30. The predicted octanol–water partition coefficient (Wildman–Crippen LogP) is 2.22. The summed E-state index contributed by atoms with van der Waals surface area (Å²) in [4.78, 5) is 10.4. The number of morpholine rings is 1. The third-order valence-electron chi connectivity index (χ3n) is 5.07. The topological polar surface area (TPSA) is 133 Å². The molecule has 1 saturated heterocycles. The molecular formula is C20H22N4O7S. The van der Waals surface area contributed by atoms with E-state index < -0.39 is 14.9 Å². The molecule has 11 nitrogen and oxygen atoms in total. The number of sulfonamides is 1. The first-order valence-electron chi connectivity index (χ1n) is 9.93. The SMILES string of the molecule is C/C(=N/Nc1ccc([N+](=O)[O-])cc1S(=O)(=O)N1CCOCC1)c1ccc2c(c1)OCCO2. The van der Waals surface area contributed by atoms with Crippen LogP contribution in [0.4, 0.5) is 11.4 Å². The van der Waals surface area contributed by atoms with E-state index in [1.807, 2.05) is 6.07 Å². The van der Waals surface area contributed by atoms with Crippen LogP contribution in [-0.4, -0.2) is 62.9 Å². The van der Waals surface area contributed by atoms with Crippen LogP contribution in [0.3, 0.4) is 0 Å². The van der Waals surface area contributed by atoms with E-state index in [9.17, 15) is 18.5 Å². The smallest absolute Gasteiger partial charge is 0.270 e. The Bertz CT molecular complexity index is 1160. The van der Waals surface area contributed by atoms with Gasteiger partial charge in [-0.2, -0.15) is 9.41 Å². The van der Waals surface area contributed by atoms with E-state index in [4.69, 9.17) is 14.2 Å². The molecule has 32 heavy (non-hydrogen) atoms. The van der Waals surface area contributed by atoms with E-state index in [0.717, 1.165) is 11.6 Å². The first-order valence-corrected chi connectivity index (χ1v) is 11.4. The molecule has 0 bridgehead atoms. The molecule has 4 rings (SSSR count). The zero-order chi connectivity index (χ0) is 22.7. The molecule has 2 heterocycles. The zero-order valence-electron chi connectivity index (χ0n) is 17.3. The van der Waals surface area contributed by atoms with Crippen molar-refractivity contribution < 1.29 is 27.6 Å². The lowest BCUT2D eigenvalue weighted by Crippen LogP contribution is -2.40. The van der Waals surface area contributed by atoms with Gasteiger partial charge in [-0.3, -0.25) is 15.5 Å². The molecule has 2 aliphatic rings. The van der Waals surface area contributed by atoms with E-state index in [2.05, 4.69) is 10.5 Å². The summed E-state index contributed by atoms with van der Waals surface area (Å²) in [5.74, 6) is 1.25. The summed E-state index contributed by atoms with van der Waals surface area (Å²) in [5, 5.41) is 15.5. The monoisotopic (exact) mass is 462 g/mol. The highest BCUT2D eigenvalue weighted by atomic mass is 32.2. The quantitative estimate of drug-likeness (QED) is 0.393. The maximum Gasteiger partial charge on any atom is 0.270 e. The molecule has 2 aromatic rings. The average molecular weight is 462 g/mol. The van der Waals surface area contributed by atoms with Gasteiger partial charge in [0.2, 0.25) is 10.0 Å². The van der Waals surface area contributed by atoms with Crippen LogP contribution in [0.15, 0.2) is 46.4 Å². The van der Waals surface area contributed by atoms with Crippen LogP contribution >= 0.6 is 0 Å². The number of anilines is 1. The first kappa shape index (κ1) is 22.0. The Morgan fingerprint density at radius 2 is 1.78 bits per heavy atom. The Morgan fingerprint density at radius 3 is 2.50 bits per heavy atom. The fourth-order valence-corrected chi connectivity index (χ4v) is 4.90. The number of nitrogens with zero attached hydrogens (tertiary/aromatic N) is 3. The summed E-state index contributed by atoms with van der Waals surface area (Å²) in [7, 11) is -3.99. The molecule has 0 spiro atoms. The predicted molar refractivity (Wildman–Crippen MR) is 116 cm³/mol. The van der Waals surface area contributed by atoms with Crippen LogP contribution in [0.1, 0.15) is 12.5 Å². The van der Waals surface area contributed by atoms with Crippen molar-refractivity contribution in [3.8, 4) is 11.5 Å². The van der Waals surface area contributed by atoms with Gasteiger partial charge in [0.15, 0.2) is 11.5 Å². The van der Waals surface area contributed by atoms with Gasteiger partial charge < -0.3 is 14.2 Å². The van der Waals surface area contributed by atoms with Gasteiger partial charge in [-0.05, 0) is 31.2 Å². The lowest BCUT2D eigenvalue weighted by molar-refractivity contribution is -0.385. The number of nitrogens with one attached hydrogen (secondary N) is 1. The van der Waals surface area contributed by atoms with E-state index in [0.29, 0.717) is 30.4 Å². The molecule has 0 atom stereocenters. The molecule has 1 N–H and O–H groups in total. The molecule has 0 radical (unpaired) electrons. The number of fused-ring (bicyclic) bond motifs is 1. The molecule has 0 aromatic heterocycles. The van der Waals surface area contributed by atoms with Gasteiger partial charge in [-0.1, -0.05) is 0 Å². The maximum atomic E-state index is 13.2. The Labute approximate surface area is 184 Å². The third-order valence-corrected chi connectivity index (χ3v) is 7.01. The van der Waals surface area contributed by atoms with Crippen molar-refractivity contribution >= 4 is 27.1 Å². The number of benzene rings is 2. The van der Waals surface area contributed by atoms with Gasteiger partial charge in [0.05, 0.1) is 29.5 Å². The number of nitro groups is 1. The molecule has 0 saturated carbocycles. The highest BCUT2D eigenvalue weighted by molar-refractivity contribution is 7.89. The van der Waals surface area contributed by atoms with Gasteiger partial charge in [-0.15, -0.1) is 0 Å². The number of hydrogen-bond acceptors (Lipinski definition) is 9. The molecule has 170 valence electrons. The van der Waals surface area contributed by atoms with Crippen LogP contribution in [0.2, 0.25) is 0 Å². The summed E-state index contributed by atoms with van der Waals surface area (Å²) in [6.07, 6.45) is 0. The lowest BCUT2D eigenvalue weighted by atomic mass is 10.1. The number of hydrogen-bond donors (Lipinski definition) is 1. The van der Waals surface area contributed by atoms with Crippen molar-refractivity contribution in [2.45, 2.75) is 11.8 Å². The van der Waals surface area contributed by atoms with Crippen LogP contribution in [0.5, 0.6) is 11.5 Å². The first-order chi connectivity index (χ1) is 15.4. The Kier molecular flexibility index (Phi) is 6.26. The fraction of sp³-hybridized carbons (Fsp3) is 0.350. The lowest BCUT2D eigenvalue weighted by Gasteiger charge is -2.26. The normalized spacial score (nSPS) is 17.1. The molecule has 2 aliphatic heterocycles. The van der Waals surface area contributed by atoms with Gasteiger partial charge in [0.25, 0.3) is 5.69 Å². The molecule has 1 fully saturated rings. The summed E-state index contributed by atoms with van der Waals surface area (Å²) >= 11 is 0. The summed E-state index contributed by atoms with van der Waals surface area (Å²) in [6, 6.07) is 9.00. The number of non-ortho nitro benzene ring substituents is 1. The second kappa shape index (κ2) is 9.10. The molecular weight excluding hydrogens is 440 g/mol. The maximum absolute atomic E-state index is 13.2. The van der Waals surface area contributed by atoms with E-state index in [1.54, 1.807) is 19.1 Å². The van der Waals surface area contributed by atoms with Crippen molar-refractivity contribution in [2.24, 2.45) is 5.10 Å². The summed E-state index contributed by atoms with van der Waals surface area (Å²) in [6.45, 7) is 3.56. The van der Waals surface area contributed by atoms with Crippen LogP contribution in [0, 0.1) is 10.1 Å². The number of nitro benzene ring substituents is 1. The fourth-order valence-electron chi connectivity index (χ4n) is 3.33. The minimum atomic E-state index is -3.99. The van der Waals surface area contributed by atoms with E-state index in [-0.39, 0.29) is 42.6 Å². The number of ether oxygens (including phenoxy) is 3. The number of rotatable bonds is 6. The highest BCUT2D eigenvalue weighted by Crippen LogP contribution is 2.32.